The van der Waals surface area contributed by atoms with Crippen LogP contribution in [0.5, 0.6) is 0 Å². The van der Waals surface area contributed by atoms with Gasteiger partial charge in [0.2, 0.25) is 0 Å². The summed E-state index contributed by atoms with van der Waals surface area (Å²) >= 11 is 0. The van der Waals surface area contributed by atoms with E-state index in [1.54, 1.807) is 0 Å². The van der Waals surface area contributed by atoms with E-state index in [4.69, 9.17) is 9.25 Å². The van der Waals surface area contributed by atoms with Crippen LogP contribution in [0.15, 0.2) is 68.5 Å². The number of halogens is 6. The monoisotopic (exact) mass is 712 g/mol. The van der Waals surface area contributed by atoms with Crippen LogP contribution in [0.2, 0.25) is 0 Å². The van der Waals surface area contributed by atoms with Gasteiger partial charge in [-0.25, -0.2) is 14.5 Å². The van der Waals surface area contributed by atoms with Gasteiger partial charge in [0.25, 0.3) is 0 Å². The molecule has 0 aliphatic heterocycles. The van der Waals surface area contributed by atoms with Crippen LogP contribution in [0.25, 0.3) is 33.4 Å². The molecule has 2 aromatic carbocycles. The third-order valence-corrected chi connectivity index (χ3v) is 7.89. The van der Waals surface area contributed by atoms with Gasteiger partial charge >= 0.3 is 42.2 Å². The molecule has 6 rings (SSSR count). The van der Waals surface area contributed by atoms with Crippen LogP contribution in [0.4, 0.5) is 26.3 Å². The molecule has 4 heterocycles. The minimum Gasteiger partial charge on any atom is -0.319 e. The highest BCUT2D eigenvalue weighted by molar-refractivity contribution is 7.53. The molecule has 0 saturated heterocycles. The number of fused-ring (bicyclic) bond motifs is 2. The van der Waals surface area contributed by atoms with Gasteiger partial charge in [0.05, 0.1) is 64.2 Å². The molecule has 0 saturated carbocycles. The average molecular weight is 712 g/mol. The number of aromatic nitrogens is 8. The Bertz CT molecular complexity index is 2440. The molecule has 22 heteroatoms. The maximum atomic E-state index is 14.1. The Morgan fingerprint density at radius 3 is 1.35 bits per heavy atom. The zero-order chi connectivity index (χ0) is 35.8. The zero-order valence-electron chi connectivity index (χ0n) is 24.9. The van der Waals surface area contributed by atoms with E-state index in [2.05, 4.69) is 9.97 Å². The largest absolute Gasteiger partial charge is 0.464 e. The fraction of sp³-hybridized carbons (Fsp3) is 0.185. The minimum absolute atomic E-state index is 0.0736. The third kappa shape index (κ3) is 6.03. The molecule has 0 bridgehead atoms. The Balaban J connectivity index is 1.53. The number of benzene rings is 2. The summed E-state index contributed by atoms with van der Waals surface area (Å²) in [5, 5.41) is 0. The second kappa shape index (κ2) is 11.1. The number of alkyl halides is 6. The Hall–Kier alpha value is -5.85. The molecular formula is C27H19F6N8O7P. The third-order valence-electron chi connectivity index (χ3n) is 6.97. The number of aryl methyl sites for hydroxylation is 2. The second-order valence-corrected chi connectivity index (χ2v) is 12.5. The molecule has 2 N–H and O–H groups in total. The van der Waals surface area contributed by atoms with E-state index in [0.29, 0.717) is 30.2 Å². The maximum absolute atomic E-state index is 14.1. The zero-order valence-corrected chi connectivity index (χ0v) is 25.8. The summed E-state index contributed by atoms with van der Waals surface area (Å²) < 4.78 is 111. The SMILES string of the molecule is Cc1cn(-c2cc3c(cc2C(F)(F)F)[nH]c(=O)c(=O)n3OP(C)(=O)On2c(=O)c(=O)[nH]c3cc(C(F)(F)F)c(-n4cnc(C)c4)cc32)cn1. The Labute approximate surface area is 266 Å². The van der Waals surface area contributed by atoms with E-state index >= 15 is 0 Å². The van der Waals surface area contributed by atoms with E-state index in [-0.39, 0.29) is 9.46 Å². The van der Waals surface area contributed by atoms with E-state index in [9.17, 15) is 50.1 Å². The summed E-state index contributed by atoms with van der Waals surface area (Å²) in [6.45, 7) is 3.66. The molecule has 0 atom stereocenters. The van der Waals surface area contributed by atoms with Gasteiger partial charge in [0.15, 0.2) is 0 Å². The molecule has 0 unspecified atom stereocenters. The standard InChI is InChI=1S/C27H19F6N8O7P/c1-12-8-38(10-34-12)18-6-20-16(4-14(18)26(28,29)30)36-22(42)24(44)40(20)47-49(3,46)48-41-21-7-19(39-9-13(2)35-11-39)15(27(31,32)33)5-17(21)37-23(43)25(41)45/h4-11H,1-3H3,(H,36,42)(H,37,43). The first-order valence-corrected chi connectivity index (χ1v) is 15.5. The highest BCUT2D eigenvalue weighted by Gasteiger charge is 2.37. The lowest BCUT2D eigenvalue weighted by atomic mass is 10.1. The molecule has 15 nitrogen and oxygen atoms in total. The Morgan fingerprint density at radius 2 is 1.04 bits per heavy atom. The van der Waals surface area contributed by atoms with Crippen molar-refractivity contribution >= 4 is 29.7 Å². The molecule has 0 aliphatic carbocycles. The van der Waals surface area contributed by atoms with E-state index in [0.717, 1.165) is 33.9 Å². The lowest BCUT2D eigenvalue weighted by Gasteiger charge is -2.21. The maximum Gasteiger partial charge on any atom is 0.464 e. The number of nitrogens with zero attached hydrogens (tertiary/aromatic N) is 6. The summed E-state index contributed by atoms with van der Waals surface area (Å²) in [6, 6.07) is 2.55. The van der Waals surface area contributed by atoms with Gasteiger partial charge in [-0.2, -0.15) is 26.3 Å². The highest BCUT2D eigenvalue weighted by Crippen LogP contribution is 2.40. The molecule has 4 aromatic heterocycles. The first-order valence-electron chi connectivity index (χ1n) is 13.5. The van der Waals surface area contributed by atoms with Crippen molar-refractivity contribution in [2.24, 2.45) is 0 Å². The Kier molecular flexibility index (Phi) is 7.50. The summed E-state index contributed by atoms with van der Waals surface area (Å²) in [7, 11) is -4.96. The topological polar surface area (TPSA) is 181 Å². The molecule has 0 spiro atoms. The number of imidazole rings is 2. The summed E-state index contributed by atoms with van der Waals surface area (Å²) in [6.07, 6.45) is -5.41. The molecule has 0 radical (unpaired) electrons. The fourth-order valence-electron chi connectivity index (χ4n) is 4.91. The van der Waals surface area contributed by atoms with Crippen molar-refractivity contribution in [3.63, 3.8) is 0 Å². The van der Waals surface area contributed by atoms with Gasteiger partial charge in [0, 0.05) is 12.4 Å². The normalized spacial score (nSPS) is 12.6. The second-order valence-electron chi connectivity index (χ2n) is 10.7. The predicted octanol–water partition coefficient (Wildman–Crippen LogP) is 3.10. The molecular weight excluding hydrogens is 693 g/mol. The van der Waals surface area contributed by atoms with Crippen LogP contribution >= 0.6 is 7.60 Å². The molecule has 6 aromatic rings. The van der Waals surface area contributed by atoms with Gasteiger partial charge < -0.3 is 28.4 Å². The van der Waals surface area contributed by atoms with Crippen LogP contribution in [0, 0.1) is 13.8 Å². The first-order chi connectivity index (χ1) is 22.7. The van der Waals surface area contributed by atoms with Gasteiger partial charge in [-0.15, -0.1) is 9.46 Å². The number of rotatable bonds is 6. The van der Waals surface area contributed by atoms with Gasteiger partial charge in [-0.05, 0) is 38.1 Å². The Morgan fingerprint density at radius 1 is 0.673 bits per heavy atom. The summed E-state index contributed by atoms with van der Waals surface area (Å²) in [5.74, 6) is 0. The summed E-state index contributed by atoms with van der Waals surface area (Å²) in [4.78, 5) is 62.6. The van der Waals surface area contributed by atoms with Gasteiger partial charge in [-0.3, -0.25) is 19.2 Å². The van der Waals surface area contributed by atoms with Crippen LogP contribution in [-0.2, 0) is 16.9 Å². The average Bonchev–Trinajstić information content (AvgIpc) is 3.63. The van der Waals surface area contributed by atoms with E-state index in [1.807, 2.05) is 9.97 Å². The van der Waals surface area contributed by atoms with Crippen LogP contribution in [0.3, 0.4) is 0 Å². The smallest absolute Gasteiger partial charge is 0.319 e. The van der Waals surface area contributed by atoms with Crippen molar-refractivity contribution in [1.29, 1.82) is 0 Å². The van der Waals surface area contributed by atoms with Crippen LogP contribution in [0.1, 0.15) is 22.5 Å². The van der Waals surface area contributed by atoms with Crippen molar-refractivity contribution in [3.8, 4) is 11.4 Å². The number of H-pyrrole nitrogens is 2. The number of aromatic amines is 2. The quantitative estimate of drug-likeness (QED) is 0.149. The minimum atomic E-state index is -4.98. The molecule has 0 fully saturated rings. The lowest BCUT2D eigenvalue weighted by Crippen LogP contribution is -2.42. The van der Waals surface area contributed by atoms with Crippen molar-refractivity contribution in [2.75, 3.05) is 6.66 Å². The number of nitrogens with one attached hydrogen (secondary N) is 2. The fourth-order valence-corrected chi connectivity index (χ4v) is 5.85. The van der Waals surface area contributed by atoms with Gasteiger partial charge in [0.1, 0.15) is 11.0 Å². The van der Waals surface area contributed by atoms with Crippen molar-refractivity contribution in [2.45, 2.75) is 26.2 Å². The van der Waals surface area contributed by atoms with Gasteiger partial charge in [-0.1, -0.05) is 0 Å². The molecule has 49 heavy (non-hydrogen) atoms. The van der Waals surface area contributed by atoms with E-state index in [1.165, 1.54) is 26.2 Å². The summed E-state index contributed by atoms with van der Waals surface area (Å²) in [5.41, 5.74) is -11.6. The van der Waals surface area contributed by atoms with Crippen LogP contribution < -0.4 is 31.5 Å². The lowest BCUT2D eigenvalue weighted by molar-refractivity contribution is -0.138. The highest BCUT2D eigenvalue weighted by atomic mass is 31.2. The van der Waals surface area contributed by atoms with E-state index < -0.39 is 86.8 Å². The first kappa shape index (κ1) is 33.1. The number of hydrogen-bond donors (Lipinski definition) is 2. The van der Waals surface area contributed by atoms with Crippen molar-refractivity contribution in [3.05, 3.63) is 113 Å². The molecule has 0 aliphatic rings. The molecule has 256 valence electrons. The van der Waals surface area contributed by atoms with Crippen molar-refractivity contribution in [1.82, 2.24) is 38.5 Å². The van der Waals surface area contributed by atoms with Crippen LogP contribution in [-0.4, -0.2) is 45.2 Å². The predicted molar refractivity (Wildman–Crippen MR) is 158 cm³/mol. The number of hydrogen-bond acceptors (Lipinski definition) is 9. The molecule has 0 amide bonds. The van der Waals surface area contributed by atoms with Crippen molar-refractivity contribution < 1.29 is 40.2 Å².